The van der Waals surface area contributed by atoms with Crippen LogP contribution in [0.4, 0.5) is 5.69 Å². The van der Waals surface area contributed by atoms with Crippen LogP contribution in [-0.2, 0) is 32.6 Å². The van der Waals surface area contributed by atoms with Gasteiger partial charge in [0.25, 0.3) is 0 Å². The molecule has 3 aromatic carbocycles. The molecule has 44 heavy (non-hydrogen) atoms. The highest BCUT2D eigenvalue weighted by atomic mass is 35.5. The number of hydrogen-bond acceptors (Lipinski definition) is 5. The van der Waals surface area contributed by atoms with Gasteiger partial charge in [-0.15, -0.1) is 0 Å². The second-order valence-corrected chi connectivity index (χ2v) is 14.0. The van der Waals surface area contributed by atoms with Crippen molar-refractivity contribution in [3.05, 3.63) is 93.5 Å². The topological polar surface area (TPSA) is 96.0 Å². The molecule has 0 saturated heterocycles. The number of halogens is 2. The Bertz CT molecular complexity index is 1560. The molecule has 2 amide bonds. The van der Waals surface area contributed by atoms with Gasteiger partial charge >= 0.3 is 0 Å². The number of aryl methyl sites for hydroxylation is 1. The van der Waals surface area contributed by atoms with Gasteiger partial charge in [-0.25, -0.2) is 8.42 Å². The number of sulfonamides is 1. The predicted octanol–water partition coefficient (Wildman–Crippen LogP) is 6.17. The molecule has 1 aliphatic carbocycles. The Hall–Kier alpha value is -3.27. The first-order valence-electron chi connectivity index (χ1n) is 14.7. The fraction of sp³-hybridized carbons (Fsp3) is 0.394. The second-order valence-electron chi connectivity index (χ2n) is 11.3. The molecule has 1 N–H and O–H groups in total. The third kappa shape index (κ3) is 8.89. The molecule has 0 aromatic heterocycles. The largest absolute Gasteiger partial charge is 0.495 e. The Morgan fingerprint density at radius 2 is 1.70 bits per heavy atom. The van der Waals surface area contributed by atoms with Crippen LogP contribution in [0.25, 0.3) is 0 Å². The van der Waals surface area contributed by atoms with Crippen molar-refractivity contribution in [3.8, 4) is 5.75 Å². The highest BCUT2D eigenvalue weighted by Gasteiger charge is 2.35. The molecule has 3 aromatic rings. The number of carbonyl (C=O) groups excluding carboxylic acids is 2. The molecule has 4 rings (SSSR count). The van der Waals surface area contributed by atoms with E-state index in [1.807, 2.05) is 37.3 Å². The Morgan fingerprint density at radius 1 is 1.00 bits per heavy atom. The molecule has 1 aliphatic rings. The van der Waals surface area contributed by atoms with E-state index in [4.69, 9.17) is 27.9 Å². The van der Waals surface area contributed by atoms with Gasteiger partial charge in [0.1, 0.15) is 18.3 Å². The van der Waals surface area contributed by atoms with E-state index in [0.717, 1.165) is 53.8 Å². The smallest absolute Gasteiger partial charge is 0.244 e. The molecular formula is C33H39Cl2N3O5S. The van der Waals surface area contributed by atoms with Gasteiger partial charge in [0.05, 0.1) is 19.1 Å². The molecule has 0 aliphatic heterocycles. The minimum atomic E-state index is -3.95. The molecule has 236 valence electrons. The van der Waals surface area contributed by atoms with Crippen molar-refractivity contribution in [2.24, 2.45) is 0 Å². The number of benzene rings is 3. The van der Waals surface area contributed by atoms with E-state index in [0.29, 0.717) is 21.4 Å². The average molecular weight is 661 g/mol. The first-order valence-corrected chi connectivity index (χ1v) is 17.3. The summed E-state index contributed by atoms with van der Waals surface area (Å²) in [5.41, 5.74) is 2.46. The summed E-state index contributed by atoms with van der Waals surface area (Å²) in [7, 11) is -2.51. The Morgan fingerprint density at radius 3 is 2.34 bits per heavy atom. The first kappa shape index (κ1) is 33.6. The summed E-state index contributed by atoms with van der Waals surface area (Å²) >= 11 is 12.7. The first-order chi connectivity index (χ1) is 21.0. The molecule has 0 heterocycles. The second kappa shape index (κ2) is 15.1. The van der Waals surface area contributed by atoms with E-state index in [1.54, 1.807) is 36.4 Å². The maximum atomic E-state index is 14.4. The van der Waals surface area contributed by atoms with Crippen molar-refractivity contribution in [2.45, 2.75) is 64.1 Å². The molecule has 0 bridgehead atoms. The average Bonchev–Trinajstić information content (AvgIpc) is 2.99. The summed E-state index contributed by atoms with van der Waals surface area (Å²) < 4.78 is 32.8. The number of nitrogens with one attached hydrogen (secondary N) is 1. The number of methoxy groups -OCH3 is 1. The van der Waals surface area contributed by atoms with Crippen LogP contribution in [-0.4, -0.2) is 57.1 Å². The third-order valence-corrected chi connectivity index (χ3v) is 9.57. The van der Waals surface area contributed by atoms with Gasteiger partial charge in [0.15, 0.2) is 0 Å². The summed E-state index contributed by atoms with van der Waals surface area (Å²) in [5.74, 6) is -0.556. The molecular weight excluding hydrogens is 621 g/mol. The lowest BCUT2D eigenvalue weighted by molar-refractivity contribution is -0.140. The van der Waals surface area contributed by atoms with E-state index >= 15 is 0 Å². The maximum Gasteiger partial charge on any atom is 0.244 e. The molecule has 1 saturated carbocycles. The predicted molar refractivity (Wildman–Crippen MR) is 176 cm³/mol. The van der Waals surface area contributed by atoms with Crippen LogP contribution >= 0.6 is 23.2 Å². The van der Waals surface area contributed by atoms with Gasteiger partial charge in [-0.2, -0.15) is 0 Å². The normalized spacial score (nSPS) is 14.5. The maximum absolute atomic E-state index is 14.4. The van der Waals surface area contributed by atoms with Crippen molar-refractivity contribution in [3.63, 3.8) is 0 Å². The number of nitrogens with zero attached hydrogens (tertiary/aromatic N) is 2. The third-order valence-electron chi connectivity index (χ3n) is 7.86. The lowest BCUT2D eigenvalue weighted by Gasteiger charge is -2.35. The summed E-state index contributed by atoms with van der Waals surface area (Å²) in [5, 5.41) is 3.95. The van der Waals surface area contributed by atoms with Crippen molar-refractivity contribution in [2.75, 3.05) is 24.2 Å². The van der Waals surface area contributed by atoms with Crippen LogP contribution in [0, 0.1) is 6.92 Å². The zero-order valence-corrected chi connectivity index (χ0v) is 27.6. The lowest BCUT2D eigenvalue weighted by atomic mass is 9.94. The number of hydrogen-bond donors (Lipinski definition) is 1. The van der Waals surface area contributed by atoms with Crippen molar-refractivity contribution in [1.29, 1.82) is 0 Å². The van der Waals surface area contributed by atoms with Crippen LogP contribution in [0.2, 0.25) is 10.0 Å². The van der Waals surface area contributed by atoms with Gasteiger partial charge in [-0.3, -0.25) is 13.9 Å². The Kier molecular flexibility index (Phi) is 11.6. The molecule has 0 radical (unpaired) electrons. The number of ether oxygens (including phenoxy) is 1. The zero-order chi connectivity index (χ0) is 31.9. The van der Waals surface area contributed by atoms with Crippen LogP contribution in [0.3, 0.4) is 0 Å². The van der Waals surface area contributed by atoms with Gasteiger partial charge in [0.2, 0.25) is 21.8 Å². The zero-order valence-electron chi connectivity index (χ0n) is 25.3. The van der Waals surface area contributed by atoms with Gasteiger partial charge in [-0.05, 0) is 60.7 Å². The van der Waals surface area contributed by atoms with Crippen LogP contribution in [0.5, 0.6) is 5.75 Å². The number of carbonyl (C=O) groups is 2. The van der Waals surface area contributed by atoms with Crippen LogP contribution in [0.1, 0.15) is 48.8 Å². The highest BCUT2D eigenvalue weighted by molar-refractivity contribution is 7.92. The summed E-state index contributed by atoms with van der Waals surface area (Å²) in [4.78, 5) is 29.9. The fourth-order valence-electron chi connectivity index (χ4n) is 5.52. The van der Waals surface area contributed by atoms with Crippen LogP contribution in [0.15, 0.2) is 66.7 Å². The van der Waals surface area contributed by atoms with Crippen molar-refractivity contribution < 1.29 is 22.7 Å². The highest BCUT2D eigenvalue weighted by Crippen LogP contribution is 2.32. The summed E-state index contributed by atoms with van der Waals surface area (Å²) in [6.07, 6.45) is 6.19. The van der Waals surface area contributed by atoms with E-state index in [9.17, 15) is 18.0 Å². The van der Waals surface area contributed by atoms with Gasteiger partial charge in [-0.1, -0.05) is 84.9 Å². The van der Waals surface area contributed by atoms with Crippen molar-refractivity contribution in [1.82, 2.24) is 10.2 Å². The number of anilines is 1. The van der Waals surface area contributed by atoms with E-state index in [-0.39, 0.29) is 30.6 Å². The van der Waals surface area contributed by atoms with E-state index < -0.39 is 28.5 Å². The van der Waals surface area contributed by atoms with E-state index in [2.05, 4.69) is 5.32 Å². The van der Waals surface area contributed by atoms with Gasteiger partial charge < -0.3 is 15.0 Å². The lowest BCUT2D eigenvalue weighted by Crippen LogP contribution is -2.55. The SMILES string of the molecule is COc1ccc(C)cc1N(CC(=O)N(Cc1ccc(Cl)cc1Cl)[C@H](Cc1ccccc1)C(=O)NC1CCCCC1)S(C)(=O)=O. The molecule has 1 atom stereocenters. The molecule has 0 spiro atoms. The Balaban J connectivity index is 1.78. The van der Waals surface area contributed by atoms with Crippen LogP contribution < -0.4 is 14.4 Å². The minimum Gasteiger partial charge on any atom is -0.495 e. The molecule has 0 unspecified atom stereocenters. The summed E-state index contributed by atoms with van der Waals surface area (Å²) in [6.45, 7) is 1.24. The Labute approximate surface area is 270 Å². The monoisotopic (exact) mass is 659 g/mol. The van der Waals surface area contributed by atoms with E-state index in [1.165, 1.54) is 12.0 Å². The quantitative estimate of drug-likeness (QED) is 0.251. The number of amides is 2. The molecule has 1 fully saturated rings. The number of rotatable bonds is 12. The summed E-state index contributed by atoms with van der Waals surface area (Å²) in [6, 6.07) is 18.6. The molecule has 8 nitrogen and oxygen atoms in total. The fourth-order valence-corrected chi connectivity index (χ4v) is 6.83. The van der Waals surface area contributed by atoms with Crippen molar-refractivity contribution >= 4 is 50.7 Å². The van der Waals surface area contributed by atoms with Gasteiger partial charge in [0, 0.05) is 29.1 Å². The standard InChI is InChI=1S/C33H39Cl2N3O5S/c1-23-14-17-31(43-2)29(18-23)38(44(3,41)42)22-32(39)37(21-25-15-16-26(34)20-28(25)35)30(19-24-10-6-4-7-11-24)33(40)36-27-12-8-5-9-13-27/h4,6-7,10-11,14-18,20,27,30H,5,8-9,12-13,19,21-22H2,1-3H3,(H,36,40)/t30-/m1/s1. The minimum absolute atomic E-state index is 0.00895. The molecule has 11 heteroatoms.